The lowest BCUT2D eigenvalue weighted by atomic mass is 9.76. The molecular weight excluding hydrogens is 296 g/mol. The normalized spacial score (nSPS) is 13.4. The van der Waals surface area contributed by atoms with Crippen molar-refractivity contribution in [3.05, 3.63) is 107 Å². The van der Waals surface area contributed by atoms with E-state index in [1.165, 1.54) is 11.1 Å². The molecule has 3 nitrogen and oxygen atoms in total. The summed E-state index contributed by atoms with van der Waals surface area (Å²) in [5.74, 6) is 0.123. The summed E-state index contributed by atoms with van der Waals surface area (Å²) in [5.41, 5.74) is 3.29. The van der Waals surface area contributed by atoms with Crippen molar-refractivity contribution in [2.75, 3.05) is 0 Å². The van der Waals surface area contributed by atoms with Crippen LogP contribution >= 0.6 is 0 Å². The number of aromatic nitrogens is 1. The molecule has 2 atom stereocenters. The smallest absolute Gasteiger partial charge is 0.120 e. The molecule has 0 amide bonds. The number of nitroso groups, excluding NO2 is 1. The lowest BCUT2D eigenvalue weighted by Crippen LogP contribution is -2.18. The van der Waals surface area contributed by atoms with E-state index in [2.05, 4.69) is 41.4 Å². The van der Waals surface area contributed by atoms with Gasteiger partial charge in [0, 0.05) is 18.3 Å². The zero-order valence-corrected chi connectivity index (χ0v) is 13.6. The Bertz CT molecular complexity index is 720. The molecule has 0 aliphatic rings. The molecule has 24 heavy (non-hydrogen) atoms. The zero-order chi connectivity index (χ0) is 16.8. The van der Waals surface area contributed by atoms with Crippen molar-refractivity contribution in [2.24, 2.45) is 11.1 Å². The second-order valence-electron chi connectivity index (χ2n) is 5.99. The fourth-order valence-corrected chi connectivity index (χ4v) is 3.32. The van der Waals surface area contributed by atoms with Crippen molar-refractivity contribution in [3.8, 4) is 0 Å². The minimum absolute atomic E-state index is 0.0229. The van der Waals surface area contributed by atoms with Gasteiger partial charge in [-0.15, -0.1) is 0 Å². The maximum Gasteiger partial charge on any atom is 0.120 e. The van der Waals surface area contributed by atoms with Gasteiger partial charge in [0.1, 0.15) is 6.04 Å². The summed E-state index contributed by atoms with van der Waals surface area (Å²) in [6, 6.07) is 23.9. The third-order valence-electron chi connectivity index (χ3n) is 4.50. The first-order valence-corrected chi connectivity index (χ1v) is 8.13. The SMILES string of the molecule is CC(C(N=O)c1ccncc1)C(c1ccccc1)c1ccccc1. The van der Waals surface area contributed by atoms with E-state index >= 15 is 0 Å². The molecule has 1 heterocycles. The van der Waals surface area contributed by atoms with Crippen LogP contribution in [-0.4, -0.2) is 4.98 Å². The first-order valence-electron chi connectivity index (χ1n) is 8.13. The molecule has 3 rings (SSSR count). The van der Waals surface area contributed by atoms with Crippen molar-refractivity contribution in [1.82, 2.24) is 4.98 Å². The Balaban J connectivity index is 2.03. The Morgan fingerprint density at radius 3 is 1.71 bits per heavy atom. The number of pyridine rings is 1. The Kier molecular flexibility index (Phi) is 5.12. The van der Waals surface area contributed by atoms with Gasteiger partial charge in [0.15, 0.2) is 0 Å². The lowest BCUT2D eigenvalue weighted by molar-refractivity contribution is 0.421. The van der Waals surface area contributed by atoms with Crippen molar-refractivity contribution < 1.29 is 0 Å². The molecule has 0 radical (unpaired) electrons. The summed E-state index contributed by atoms with van der Waals surface area (Å²) in [6.07, 6.45) is 3.42. The molecule has 2 aromatic carbocycles. The number of hydrogen-bond donors (Lipinski definition) is 0. The highest BCUT2D eigenvalue weighted by molar-refractivity contribution is 5.34. The van der Waals surface area contributed by atoms with Gasteiger partial charge in [-0.2, -0.15) is 4.91 Å². The lowest BCUT2D eigenvalue weighted by Gasteiger charge is -2.28. The minimum atomic E-state index is -0.418. The van der Waals surface area contributed by atoms with E-state index in [1.54, 1.807) is 12.4 Å². The van der Waals surface area contributed by atoms with Gasteiger partial charge in [0.05, 0.1) is 0 Å². The fourth-order valence-electron chi connectivity index (χ4n) is 3.32. The van der Waals surface area contributed by atoms with Crippen LogP contribution in [0.15, 0.2) is 90.4 Å². The van der Waals surface area contributed by atoms with Crippen LogP contribution in [0.25, 0.3) is 0 Å². The zero-order valence-electron chi connectivity index (χ0n) is 13.6. The van der Waals surface area contributed by atoms with E-state index in [9.17, 15) is 4.91 Å². The summed E-state index contributed by atoms with van der Waals surface area (Å²) in [5, 5.41) is 3.45. The van der Waals surface area contributed by atoms with Crippen LogP contribution in [0.2, 0.25) is 0 Å². The monoisotopic (exact) mass is 316 g/mol. The molecule has 0 aliphatic carbocycles. The number of benzene rings is 2. The molecule has 1 aromatic heterocycles. The fraction of sp³-hybridized carbons (Fsp3) is 0.190. The molecule has 0 saturated heterocycles. The molecule has 0 aliphatic heterocycles. The van der Waals surface area contributed by atoms with Crippen molar-refractivity contribution in [1.29, 1.82) is 0 Å². The third-order valence-corrected chi connectivity index (χ3v) is 4.50. The molecule has 0 saturated carbocycles. The average Bonchev–Trinajstić information content (AvgIpc) is 2.65. The second kappa shape index (κ2) is 7.64. The topological polar surface area (TPSA) is 42.3 Å². The van der Waals surface area contributed by atoms with Gasteiger partial charge < -0.3 is 0 Å². The van der Waals surface area contributed by atoms with E-state index in [-0.39, 0.29) is 11.8 Å². The van der Waals surface area contributed by atoms with E-state index in [1.807, 2.05) is 48.5 Å². The quantitative estimate of drug-likeness (QED) is 0.575. The number of rotatable bonds is 6. The Morgan fingerprint density at radius 1 is 0.750 bits per heavy atom. The molecule has 3 heteroatoms. The molecule has 0 fully saturated rings. The molecule has 3 aromatic rings. The van der Waals surface area contributed by atoms with Gasteiger partial charge >= 0.3 is 0 Å². The van der Waals surface area contributed by atoms with Gasteiger partial charge in [-0.3, -0.25) is 4.98 Å². The van der Waals surface area contributed by atoms with Gasteiger partial charge in [0.25, 0.3) is 0 Å². The van der Waals surface area contributed by atoms with E-state index in [0.717, 1.165) is 5.56 Å². The van der Waals surface area contributed by atoms with Crippen LogP contribution in [0.4, 0.5) is 0 Å². The summed E-state index contributed by atoms with van der Waals surface area (Å²) < 4.78 is 0. The van der Waals surface area contributed by atoms with Crippen molar-refractivity contribution in [3.63, 3.8) is 0 Å². The second-order valence-corrected chi connectivity index (χ2v) is 5.99. The summed E-state index contributed by atoms with van der Waals surface area (Å²) in [6.45, 7) is 2.09. The summed E-state index contributed by atoms with van der Waals surface area (Å²) >= 11 is 0. The highest BCUT2D eigenvalue weighted by atomic mass is 16.3. The summed E-state index contributed by atoms with van der Waals surface area (Å²) in [4.78, 5) is 15.7. The highest BCUT2D eigenvalue weighted by Crippen LogP contribution is 2.40. The summed E-state index contributed by atoms with van der Waals surface area (Å²) in [7, 11) is 0. The molecule has 120 valence electrons. The first-order chi connectivity index (χ1) is 11.8. The highest BCUT2D eigenvalue weighted by Gasteiger charge is 2.30. The van der Waals surface area contributed by atoms with Gasteiger partial charge in [0.2, 0.25) is 0 Å². The van der Waals surface area contributed by atoms with Crippen molar-refractivity contribution >= 4 is 0 Å². The van der Waals surface area contributed by atoms with E-state index in [4.69, 9.17) is 0 Å². The Labute approximate surface area is 142 Å². The van der Waals surface area contributed by atoms with Crippen LogP contribution < -0.4 is 0 Å². The van der Waals surface area contributed by atoms with Gasteiger partial charge in [-0.25, -0.2) is 0 Å². The predicted molar refractivity (Wildman–Crippen MR) is 96.7 cm³/mol. The van der Waals surface area contributed by atoms with Crippen LogP contribution in [0, 0.1) is 10.8 Å². The van der Waals surface area contributed by atoms with Crippen LogP contribution in [0.1, 0.15) is 35.6 Å². The maximum absolute atomic E-state index is 11.6. The Hall–Kier alpha value is -2.81. The van der Waals surface area contributed by atoms with Crippen LogP contribution in [0.5, 0.6) is 0 Å². The van der Waals surface area contributed by atoms with Crippen LogP contribution in [0.3, 0.4) is 0 Å². The van der Waals surface area contributed by atoms with E-state index < -0.39 is 6.04 Å². The molecule has 2 unspecified atom stereocenters. The van der Waals surface area contributed by atoms with E-state index in [0.29, 0.717) is 0 Å². The number of hydrogen-bond acceptors (Lipinski definition) is 3. The first kappa shape index (κ1) is 16.1. The van der Waals surface area contributed by atoms with Gasteiger partial charge in [-0.1, -0.05) is 72.8 Å². The molecule has 0 N–H and O–H groups in total. The molecule has 0 spiro atoms. The predicted octanol–water partition coefficient (Wildman–Crippen LogP) is 5.36. The van der Waals surface area contributed by atoms with Crippen LogP contribution in [-0.2, 0) is 0 Å². The standard InChI is InChI=1S/C21H20N2O/c1-16(21(23-24)19-12-14-22-15-13-19)20(17-8-4-2-5-9-17)18-10-6-3-7-11-18/h2-16,20-21H,1H3. The largest absolute Gasteiger partial charge is 0.265 e. The molecular formula is C21H20N2O. The minimum Gasteiger partial charge on any atom is -0.265 e. The third kappa shape index (κ3) is 3.40. The number of nitrogens with zero attached hydrogens (tertiary/aromatic N) is 2. The van der Waals surface area contributed by atoms with Gasteiger partial charge in [-0.05, 0) is 34.7 Å². The maximum atomic E-state index is 11.6. The Morgan fingerprint density at radius 2 is 1.25 bits per heavy atom. The average molecular weight is 316 g/mol. The van der Waals surface area contributed by atoms with Crippen molar-refractivity contribution in [2.45, 2.75) is 18.9 Å². The molecule has 0 bridgehead atoms.